The lowest BCUT2D eigenvalue weighted by molar-refractivity contribution is 0.0778. The van der Waals surface area contributed by atoms with Crippen molar-refractivity contribution in [3.8, 4) is 0 Å². The zero-order chi connectivity index (χ0) is 15.0. The van der Waals surface area contributed by atoms with Gasteiger partial charge in [-0.2, -0.15) is 11.8 Å². The highest BCUT2D eigenvalue weighted by molar-refractivity contribution is 14.0. The Morgan fingerprint density at radius 1 is 1.32 bits per heavy atom. The molecule has 1 unspecified atom stereocenters. The Balaban J connectivity index is 0.00000242. The predicted molar refractivity (Wildman–Crippen MR) is 106 cm³/mol. The van der Waals surface area contributed by atoms with E-state index in [0.717, 1.165) is 43.4 Å². The fourth-order valence-corrected chi connectivity index (χ4v) is 3.54. The van der Waals surface area contributed by atoms with E-state index >= 15 is 0 Å². The molecule has 0 aliphatic carbocycles. The molecule has 0 spiro atoms. The van der Waals surface area contributed by atoms with E-state index in [9.17, 15) is 5.11 Å². The number of benzene rings is 1. The van der Waals surface area contributed by atoms with Gasteiger partial charge in [-0.25, -0.2) is 0 Å². The van der Waals surface area contributed by atoms with E-state index in [1.807, 2.05) is 6.07 Å². The van der Waals surface area contributed by atoms with E-state index in [2.05, 4.69) is 46.8 Å². The van der Waals surface area contributed by atoms with Crippen molar-refractivity contribution in [3.63, 3.8) is 0 Å². The van der Waals surface area contributed by atoms with Crippen LogP contribution in [0.25, 0.3) is 0 Å². The number of hydrogen-bond donors (Lipinski definition) is 3. The van der Waals surface area contributed by atoms with Crippen molar-refractivity contribution in [1.29, 1.82) is 0 Å². The number of nitrogens with one attached hydrogen (secondary N) is 2. The Morgan fingerprint density at radius 3 is 2.73 bits per heavy atom. The molecule has 0 radical (unpaired) electrons. The van der Waals surface area contributed by atoms with Crippen LogP contribution in [0.15, 0.2) is 35.3 Å². The van der Waals surface area contributed by atoms with Crippen LogP contribution in [0.2, 0.25) is 0 Å². The zero-order valence-electron chi connectivity index (χ0n) is 13.0. The average molecular weight is 435 g/mol. The summed E-state index contributed by atoms with van der Waals surface area (Å²) in [4.78, 5) is 4.53. The van der Waals surface area contributed by atoms with Crippen molar-refractivity contribution in [3.05, 3.63) is 35.9 Å². The maximum atomic E-state index is 10.3. The third-order valence-electron chi connectivity index (χ3n) is 3.51. The van der Waals surface area contributed by atoms with Crippen molar-refractivity contribution in [2.24, 2.45) is 4.99 Å². The lowest BCUT2D eigenvalue weighted by atomic mass is 10.1. The number of rotatable bonds is 6. The van der Waals surface area contributed by atoms with Crippen LogP contribution in [-0.2, 0) is 6.42 Å². The highest BCUT2D eigenvalue weighted by atomic mass is 127. The van der Waals surface area contributed by atoms with Crippen LogP contribution < -0.4 is 10.6 Å². The van der Waals surface area contributed by atoms with Crippen LogP contribution >= 0.6 is 35.7 Å². The first-order chi connectivity index (χ1) is 10.2. The summed E-state index contributed by atoms with van der Waals surface area (Å²) in [5.74, 6) is 2.61. The number of hydrogen-bond acceptors (Lipinski definition) is 3. The molecule has 0 saturated carbocycles. The average Bonchev–Trinajstić information content (AvgIpc) is 2.93. The Labute approximate surface area is 154 Å². The van der Waals surface area contributed by atoms with Gasteiger partial charge >= 0.3 is 0 Å². The van der Waals surface area contributed by atoms with Crippen LogP contribution in [0.1, 0.15) is 18.9 Å². The van der Waals surface area contributed by atoms with Crippen LogP contribution in [0.4, 0.5) is 0 Å². The van der Waals surface area contributed by atoms with Crippen LogP contribution in [0.3, 0.4) is 0 Å². The Hall–Kier alpha value is -0.470. The molecule has 1 saturated heterocycles. The first-order valence-corrected chi connectivity index (χ1v) is 8.73. The molecule has 1 heterocycles. The normalized spacial score (nSPS) is 21.3. The number of aliphatic hydroxyl groups is 1. The summed E-state index contributed by atoms with van der Waals surface area (Å²) < 4.78 is 0. The van der Waals surface area contributed by atoms with Gasteiger partial charge in [0, 0.05) is 18.8 Å². The molecule has 2 rings (SSSR count). The summed E-state index contributed by atoms with van der Waals surface area (Å²) in [6.45, 7) is 4.18. The third kappa shape index (κ3) is 6.75. The maximum Gasteiger partial charge on any atom is 0.191 e. The number of aliphatic imine (C=N–C) groups is 1. The first-order valence-electron chi connectivity index (χ1n) is 7.58. The number of nitrogens with zero attached hydrogens (tertiary/aromatic N) is 1. The third-order valence-corrected chi connectivity index (χ3v) is 4.74. The fourth-order valence-electron chi connectivity index (χ4n) is 2.26. The summed E-state index contributed by atoms with van der Waals surface area (Å²) in [6, 6.07) is 10.4. The second-order valence-electron chi connectivity index (χ2n) is 5.38. The van der Waals surface area contributed by atoms with Crippen molar-refractivity contribution < 1.29 is 5.11 Å². The number of halogens is 1. The van der Waals surface area contributed by atoms with E-state index in [-0.39, 0.29) is 24.0 Å². The monoisotopic (exact) mass is 435 g/mol. The predicted octanol–water partition coefficient (Wildman–Crippen LogP) is 2.27. The maximum absolute atomic E-state index is 10.3. The van der Waals surface area contributed by atoms with Gasteiger partial charge in [-0.15, -0.1) is 24.0 Å². The quantitative estimate of drug-likeness (QED) is 0.365. The molecule has 124 valence electrons. The molecule has 4 nitrogen and oxygen atoms in total. The second kappa shape index (κ2) is 10.3. The molecule has 22 heavy (non-hydrogen) atoms. The van der Waals surface area contributed by atoms with Gasteiger partial charge in [-0.1, -0.05) is 30.3 Å². The molecule has 3 N–H and O–H groups in total. The molecule has 1 fully saturated rings. The van der Waals surface area contributed by atoms with Crippen molar-refractivity contribution in [2.45, 2.75) is 25.4 Å². The van der Waals surface area contributed by atoms with E-state index < -0.39 is 5.60 Å². The van der Waals surface area contributed by atoms with Gasteiger partial charge in [0.25, 0.3) is 0 Å². The summed E-state index contributed by atoms with van der Waals surface area (Å²) in [5, 5.41) is 16.9. The van der Waals surface area contributed by atoms with Gasteiger partial charge in [0.2, 0.25) is 0 Å². The highest BCUT2D eigenvalue weighted by Gasteiger charge is 2.31. The standard InChI is InChI=1S/C16H25N3OS.HI/c1-2-17-15(19-12-16(20)9-11-21-13-16)18-10-8-14-6-4-3-5-7-14;/h3-7,20H,2,8-13H2,1H3,(H2,17,18,19);1H. The lowest BCUT2D eigenvalue weighted by Gasteiger charge is -2.19. The van der Waals surface area contributed by atoms with E-state index in [1.165, 1.54) is 5.56 Å². The largest absolute Gasteiger partial charge is 0.387 e. The van der Waals surface area contributed by atoms with Gasteiger partial charge in [-0.3, -0.25) is 4.99 Å². The van der Waals surface area contributed by atoms with Crippen molar-refractivity contribution >= 4 is 41.7 Å². The van der Waals surface area contributed by atoms with Crippen LogP contribution in [0.5, 0.6) is 0 Å². The minimum atomic E-state index is -0.619. The second-order valence-corrected chi connectivity index (χ2v) is 6.49. The molecule has 0 bridgehead atoms. The summed E-state index contributed by atoms with van der Waals surface area (Å²) in [5.41, 5.74) is 0.693. The van der Waals surface area contributed by atoms with Crippen LogP contribution in [-0.4, -0.2) is 47.8 Å². The zero-order valence-corrected chi connectivity index (χ0v) is 16.2. The Bertz CT molecular complexity index is 450. The summed E-state index contributed by atoms with van der Waals surface area (Å²) in [6.07, 6.45) is 1.80. The Morgan fingerprint density at radius 2 is 2.09 bits per heavy atom. The van der Waals surface area contributed by atoms with Gasteiger partial charge in [0.15, 0.2) is 5.96 Å². The van der Waals surface area contributed by atoms with E-state index in [4.69, 9.17) is 0 Å². The SMILES string of the molecule is CCNC(=NCC1(O)CCSC1)NCCc1ccccc1.I. The fraction of sp³-hybridized carbons (Fsp3) is 0.562. The number of guanidine groups is 1. The molecule has 0 aromatic heterocycles. The molecule has 1 aromatic carbocycles. The molecular formula is C16H26IN3OS. The minimum Gasteiger partial charge on any atom is -0.387 e. The Kier molecular flexibility index (Phi) is 9.19. The molecular weight excluding hydrogens is 409 g/mol. The number of thioether (sulfide) groups is 1. The molecule has 6 heteroatoms. The molecule has 1 atom stereocenters. The van der Waals surface area contributed by atoms with Gasteiger partial charge < -0.3 is 15.7 Å². The smallest absolute Gasteiger partial charge is 0.191 e. The summed E-state index contributed by atoms with van der Waals surface area (Å²) in [7, 11) is 0. The topological polar surface area (TPSA) is 56.7 Å². The van der Waals surface area contributed by atoms with Crippen LogP contribution in [0, 0.1) is 0 Å². The van der Waals surface area contributed by atoms with Crippen molar-refractivity contribution in [2.75, 3.05) is 31.1 Å². The summed E-state index contributed by atoms with van der Waals surface area (Å²) >= 11 is 1.80. The minimum absolute atomic E-state index is 0. The van der Waals surface area contributed by atoms with E-state index in [0.29, 0.717) is 6.54 Å². The molecule has 1 aliphatic heterocycles. The molecule has 0 amide bonds. The van der Waals surface area contributed by atoms with Crippen molar-refractivity contribution in [1.82, 2.24) is 10.6 Å². The first kappa shape index (κ1) is 19.6. The van der Waals surface area contributed by atoms with E-state index in [1.54, 1.807) is 11.8 Å². The molecule has 1 aromatic rings. The highest BCUT2D eigenvalue weighted by Crippen LogP contribution is 2.27. The lowest BCUT2D eigenvalue weighted by Crippen LogP contribution is -2.40. The van der Waals surface area contributed by atoms with Gasteiger partial charge in [0.1, 0.15) is 0 Å². The van der Waals surface area contributed by atoms with Gasteiger partial charge in [-0.05, 0) is 31.1 Å². The molecule has 1 aliphatic rings. The van der Waals surface area contributed by atoms with Gasteiger partial charge in [0.05, 0.1) is 12.1 Å².